The molecule has 1 unspecified atom stereocenters. The summed E-state index contributed by atoms with van der Waals surface area (Å²) in [6.07, 6.45) is 4.78. The molecule has 1 aromatic heterocycles. The van der Waals surface area contributed by atoms with Crippen molar-refractivity contribution in [3.63, 3.8) is 0 Å². The number of amides is 1. The van der Waals surface area contributed by atoms with Crippen LogP contribution < -0.4 is 5.32 Å². The second-order valence-electron chi connectivity index (χ2n) is 6.32. The number of nitrogens with one attached hydrogen (secondary N) is 1. The van der Waals surface area contributed by atoms with E-state index >= 15 is 0 Å². The molecule has 2 aromatic rings. The minimum Gasteiger partial charge on any atom is -0.348 e. The van der Waals surface area contributed by atoms with Gasteiger partial charge in [-0.1, -0.05) is 26.0 Å². The fourth-order valence-electron chi connectivity index (χ4n) is 2.89. The van der Waals surface area contributed by atoms with Crippen LogP contribution in [0, 0.1) is 5.41 Å². The maximum Gasteiger partial charge on any atom is 0.271 e. The zero-order valence-electron chi connectivity index (χ0n) is 11.9. The molecule has 1 atom stereocenters. The molecule has 0 radical (unpaired) electrons. The van der Waals surface area contributed by atoms with Crippen molar-refractivity contribution >= 4 is 16.9 Å². The summed E-state index contributed by atoms with van der Waals surface area (Å²) >= 11 is 0. The van der Waals surface area contributed by atoms with Gasteiger partial charge in [-0.15, -0.1) is 0 Å². The molecule has 0 bridgehead atoms. The van der Waals surface area contributed by atoms with Gasteiger partial charge in [0.15, 0.2) is 0 Å². The van der Waals surface area contributed by atoms with E-state index in [9.17, 15) is 4.79 Å². The van der Waals surface area contributed by atoms with Crippen molar-refractivity contribution in [3.05, 3.63) is 36.2 Å². The average molecular weight is 269 g/mol. The first-order valence-corrected chi connectivity index (χ1v) is 7.06. The normalized spacial score (nSPS) is 21.0. The predicted molar refractivity (Wildman–Crippen MR) is 78.4 cm³/mol. The third-order valence-electron chi connectivity index (χ3n) is 3.98. The molecule has 4 nitrogen and oxygen atoms in total. The van der Waals surface area contributed by atoms with Crippen LogP contribution in [0.25, 0.3) is 11.0 Å². The molecule has 1 saturated carbocycles. The van der Waals surface area contributed by atoms with Gasteiger partial charge < -0.3 is 5.32 Å². The Hall–Kier alpha value is -1.97. The van der Waals surface area contributed by atoms with Gasteiger partial charge in [-0.3, -0.25) is 9.78 Å². The lowest BCUT2D eigenvalue weighted by atomic mass is 9.92. The summed E-state index contributed by atoms with van der Waals surface area (Å²) in [5.74, 6) is -0.119. The third-order valence-corrected chi connectivity index (χ3v) is 3.98. The number of carbonyl (C=O) groups excluding carboxylic acids is 1. The van der Waals surface area contributed by atoms with Gasteiger partial charge in [0.05, 0.1) is 17.2 Å². The molecule has 0 spiro atoms. The molecule has 0 aliphatic heterocycles. The fraction of sp³-hybridized carbons (Fsp3) is 0.438. The Bertz CT molecular complexity index is 651. The Morgan fingerprint density at radius 2 is 2.05 bits per heavy atom. The highest BCUT2D eigenvalue weighted by atomic mass is 16.1. The molecular weight excluding hydrogens is 250 g/mol. The molecular formula is C16H19N3O. The maximum atomic E-state index is 12.2. The van der Waals surface area contributed by atoms with Crippen LogP contribution in [0.5, 0.6) is 0 Å². The molecule has 1 N–H and O–H groups in total. The summed E-state index contributed by atoms with van der Waals surface area (Å²) in [5, 5.41) is 3.07. The smallest absolute Gasteiger partial charge is 0.271 e. The van der Waals surface area contributed by atoms with Gasteiger partial charge in [-0.25, -0.2) is 4.98 Å². The Balaban J connectivity index is 1.76. The van der Waals surface area contributed by atoms with E-state index in [4.69, 9.17) is 0 Å². The number of aromatic nitrogens is 2. The van der Waals surface area contributed by atoms with Gasteiger partial charge >= 0.3 is 0 Å². The minimum absolute atomic E-state index is 0.119. The molecule has 4 heteroatoms. The van der Waals surface area contributed by atoms with E-state index in [0.29, 0.717) is 11.1 Å². The van der Waals surface area contributed by atoms with Crippen molar-refractivity contribution in [2.75, 3.05) is 0 Å². The number of para-hydroxylation sites is 2. The fourth-order valence-corrected chi connectivity index (χ4v) is 2.89. The molecule has 0 saturated heterocycles. The predicted octanol–water partition coefficient (Wildman–Crippen LogP) is 2.94. The lowest BCUT2D eigenvalue weighted by molar-refractivity contribution is 0.0931. The Morgan fingerprint density at radius 1 is 1.30 bits per heavy atom. The zero-order chi connectivity index (χ0) is 14.2. The average Bonchev–Trinajstić information content (AvgIpc) is 2.77. The van der Waals surface area contributed by atoms with Crippen molar-refractivity contribution in [3.8, 4) is 0 Å². The van der Waals surface area contributed by atoms with Gasteiger partial charge in [0, 0.05) is 6.04 Å². The molecule has 1 fully saturated rings. The van der Waals surface area contributed by atoms with Crippen molar-refractivity contribution in [2.24, 2.45) is 5.41 Å². The number of nitrogens with zero attached hydrogens (tertiary/aromatic N) is 2. The molecule has 1 aromatic carbocycles. The number of carbonyl (C=O) groups is 1. The van der Waals surface area contributed by atoms with Crippen LogP contribution in [0.4, 0.5) is 0 Å². The van der Waals surface area contributed by atoms with E-state index in [1.807, 2.05) is 24.3 Å². The SMILES string of the molecule is CC1(C)CCC(NC(=O)c2cnc3ccccc3n2)C1. The molecule has 1 aliphatic rings. The van der Waals surface area contributed by atoms with Crippen LogP contribution in [0.15, 0.2) is 30.5 Å². The van der Waals surface area contributed by atoms with E-state index in [2.05, 4.69) is 29.1 Å². The lowest BCUT2D eigenvalue weighted by Crippen LogP contribution is -2.34. The number of fused-ring (bicyclic) bond motifs is 1. The van der Waals surface area contributed by atoms with Gasteiger partial charge in [0.1, 0.15) is 5.69 Å². The second kappa shape index (κ2) is 4.85. The highest BCUT2D eigenvalue weighted by molar-refractivity contribution is 5.93. The molecule has 104 valence electrons. The summed E-state index contributed by atoms with van der Waals surface area (Å²) in [6.45, 7) is 4.49. The Kier molecular flexibility index (Phi) is 3.16. The minimum atomic E-state index is -0.119. The van der Waals surface area contributed by atoms with Crippen LogP contribution in [0.3, 0.4) is 0 Å². The highest BCUT2D eigenvalue weighted by Crippen LogP contribution is 2.36. The quantitative estimate of drug-likeness (QED) is 0.912. The van der Waals surface area contributed by atoms with Crippen molar-refractivity contribution in [1.82, 2.24) is 15.3 Å². The molecule has 1 heterocycles. The van der Waals surface area contributed by atoms with E-state index in [-0.39, 0.29) is 11.9 Å². The Labute approximate surface area is 118 Å². The number of hydrogen-bond acceptors (Lipinski definition) is 3. The Morgan fingerprint density at radius 3 is 2.75 bits per heavy atom. The lowest BCUT2D eigenvalue weighted by Gasteiger charge is -2.17. The van der Waals surface area contributed by atoms with E-state index in [1.165, 1.54) is 0 Å². The topological polar surface area (TPSA) is 54.9 Å². The summed E-state index contributed by atoms with van der Waals surface area (Å²) in [4.78, 5) is 20.9. The van der Waals surface area contributed by atoms with Crippen LogP contribution in [-0.4, -0.2) is 21.9 Å². The zero-order valence-corrected chi connectivity index (χ0v) is 11.9. The first-order chi connectivity index (χ1) is 9.53. The standard InChI is InChI=1S/C16H19N3O/c1-16(2)8-7-11(9-16)18-15(20)14-10-17-12-5-3-4-6-13(12)19-14/h3-6,10-11H,7-9H2,1-2H3,(H,18,20). The monoisotopic (exact) mass is 269 g/mol. The first kappa shape index (κ1) is 13.0. The summed E-state index contributed by atoms with van der Waals surface area (Å²) in [5.41, 5.74) is 2.29. The molecule has 1 amide bonds. The van der Waals surface area contributed by atoms with Crippen LogP contribution in [0.2, 0.25) is 0 Å². The number of hydrogen-bond donors (Lipinski definition) is 1. The number of rotatable bonds is 2. The highest BCUT2D eigenvalue weighted by Gasteiger charge is 2.31. The van der Waals surface area contributed by atoms with Gasteiger partial charge in [-0.2, -0.15) is 0 Å². The maximum absolute atomic E-state index is 12.2. The third kappa shape index (κ3) is 2.64. The number of benzene rings is 1. The molecule has 1 aliphatic carbocycles. The van der Waals surface area contributed by atoms with Gasteiger partial charge in [-0.05, 0) is 36.8 Å². The molecule has 20 heavy (non-hydrogen) atoms. The summed E-state index contributed by atoms with van der Waals surface area (Å²) in [7, 11) is 0. The van der Waals surface area contributed by atoms with Crippen molar-refractivity contribution in [1.29, 1.82) is 0 Å². The van der Waals surface area contributed by atoms with Crippen molar-refractivity contribution in [2.45, 2.75) is 39.2 Å². The van der Waals surface area contributed by atoms with Crippen LogP contribution in [-0.2, 0) is 0 Å². The van der Waals surface area contributed by atoms with Gasteiger partial charge in [0.25, 0.3) is 5.91 Å². The second-order valence-corrected chi connectivity index (χ2v) is 6.32. The van der Waals surface area contributed by atoms with E-state index in [0.717, 1.165) is 30.3 Å². The molecule has 3 rings (SSSR count). The summed E-state index contributed by atoms with van der Waals surface area (Å²) in [6, 6.07) is 7.84. The van der Waals surface area contributed by atoms with E-state index in [1.54, 1.807) is 6.20 Å². The van der Waals surface area contributed by atoms with Crippen molar-refractivity contribution < 1.29 is 4.79 Å². The first-order valence-electron chi connectivity index (χ1n) is 7.06. The summed E-state index contributed by atoms with van der Waals surface area (Å²) < 4.78 is 0. The van der Waals surface area contributed by atoms with Crippen LogP contribution in [0.1, 0.15) is 43.6 Å². The largest absolute Gasteiger partial charge is 0.348 e. The van der Waals surface area contributed by atoms with Crippen LogP contribution >= 0.6 is 0 Å². The van der Waals surface area contributed by atoms with E-state index < -0.39 is 0 Å². The van der Waals surface area contributed by atoms with Gasteiger partial charge in [0.2, 0.25) is 0 Å².